The summed E-state index contributed by atoms with van der Waals surface area (Å²) >= 11 is 1.28. The summed E-state index contributed by atoms with van der Waals surface area (Å²) in [6.07, 6.45) is 0. The van der Waals surface area contributed by atoms with Gasteiger partial charge in [0.25, 0.3) is 5.91 Å². The van der Waals surface area contributed by atoms with Gasteiger partial charge in [-0.3, -0.25) is 4.79 Å². The third-order valence-electron chi connectivity index (χ3n) is 2.76. The van der Waals surface area contributed by atoms with Crippen LogP contribution in [0.4, 0.5) is 5.69 Å². The average Bonchev–Trinajstić information content (AvgIpc) is 2.89. The minimum atomic E-state index is -0.992. The Bertz CT molecular complexity index is 663. The quantitative estimate of drug-likeness (QED) is 0.908. The van der Waals surface area contributed by atoms with Crippen molar-refractivity contribution in [3.8, 4) is 5.75 Å². The first-order valence-corrected chi connectivity index (χ1v) is 6.67. The van der Waals surface area contributed by atoms with Gasteiger partial charge in [-0.15, -0.1) is 11.3 Å². The number of carboxylic acids is 1. The fourth-order valence-corrected chi connectivity index (χ4v) is 2.42. The first-order valence-electron chi connectivity index (χ1n) is 5.79. The summed E-state index contributed by atoms with van der Waals surface area (Å²) in [6, 6.07) is 6.22. The predicted octanol–water partition coefficient (Wildman–Crippen LogP) is 3.02. The molecule has 2 aromatic rings. The highest BCUT2D eigenvalue weighted by atomic mass is 32.1. The van der Waals surface area contributed by atoms with Crippen LogP contribution in [0.15, 0.2) is 29.6 Å². The van der Waals surface area contributed by atoms with Crippen molar-refractivity contribution in [3.05, 3.63) is 45.6 Å². The van der Waals surface area contributed by atoms with Crippen molar-refractivity contribution in [2.45, 2.75) is 6.92 Å². The first kappa shape index (κ1) is 14.1. The molecule has 6 heteroatoms. The standard InChI is InChI=1S/C14H13NO4S/c1-8-5-9(14(17)18)3-4-11(8)15-13(16)12-6-10(19-2)7-20-12/h3-7H,1-2H3,(H,15,16)(H,17,18). The molecule has 0 unspecified atom stereocenters. The van der Waals surface area contributed by atoms with E-state index in [-0.39, 0.29) is 11.5 Å². The molecule has 0 aliphatic carbocycles. The fourth-order valence-electron chi connectivity index (χ4n) is 1.67. The number of benzene rings is 1. The van der Waals surface area contributed by atoms with E-state index in [4.69, 9.17) is 9.84 Å². The zero-order valence-electron chi connectivity index (χ0n) is 11.0. The minimum Gasteiger partial charge on any atom is -0.496 e. The van der Waals surface area contributed by atoms with Crippen molar-refractivity contribution in [2.75, 3.05) is 12.4 Å². The number of hydrogen-bond acceptors (Lipinski definition) is 4. The molecular formula is C14H13NO4S. The molecule has 0 spiro atoms. The molecule has 5 nitrogen and oxygen atoms in total. The smallest absolute Gasteiger partial charge is 0.335 e. The Morgan fingerprint density at radius 2 is 2.05 bits per heavy atom. The molecule has 0 aliphatic rings. The molecule has 0 fully saturated rings. The monoisotopic (exact) mass is 291 g/mol. The SMILES string of the molecule is COc1csc(C(=O)Nc2ccc(C(=O)O)cc2C)c1. The highest BCUT2D eigenvalue weighted by Gasteiger charge is 2.12. The number of anilines is 1. The molecule has 104 valence electrons. The number of carboxylic acid groups (broad SMARTS) is 1. The summed E-state index contributed by atoms with van der Waals surface area (Å²) in [4.78, 5) is 23.4. The Kier molecular flexibility index (Phi) is 4.05. The molecule has 1 aromatic carbocycles. The van der Waals surface area contributed by atoms with E-state index >= 15 is 0 Å². The van der Waals surface area contributed by atoms with Crippen LogP contribution in [0.1, 0.15) is 25.6 Å². The Labute approximate surface area is 119 Å². The van der Waals surface area contributed by atoms with Crippen LogP contribution in [-0.2, 0) is 0 Å². The first-order chi connectivity index (χ1) is 9.51. The van der Waals surface area contributed by atoms with Crippen molar-refractivity contribution in [2.24, 2.45) is 0 Å². The van der Waals surface area contributed by atoms with Crippen molar-refractivity contribution < 1.29 is 19.4 Å². The number of hydrogen-bond donors (Lipinski definition) is 2. The zero-order chi connectivity index (χ0) is 14.7. The summed E-state index contributed by atoms with van der Waals surface area (Å²) in [6.45, 7) is 1.75. The number of ether oxygens (including phenoxy) is 1. The van der Waals surface area contributed by atoms with Gasteiger partial charge in [0.05, 0.1) is 17.6 Å². The molecule has 1 amide bonds. The normalized spacial score (nSPS) is 10.1. The number of nitrogens with one attached hydrogen (secondary N) is 1. The number of methoxy groups -OCH3 is 1. The van der Waals surface area contributed by atoms with E-state index < -0.39 is 5.97 Å². The van der Waals surface area contributed by atoms with Crippen LogP contribution in [-0.4, -0.2) is 24.1 Å². The summed E-state index contributed by atoms with van der Waals surface area (Å²) in [5, 5.41) is 13.4. The minimum absolute atomic E-state index is 0.193. The van der Waals surface area contributed by atoms with E-state index in [1.54, 1.807) is 31.5 Å². The van der Waals surface area contributed by atoms with Crippen LogP contribution in [0.5, 0.6) is 5.75 Å². The lowest BCUT2D eigenvalue weighted by molar-refractivity contribution is 0.0696. The lowest BCUT2D eigenvalue weighted by Gasteiger charge is -2.08. The maximum absolute atomic E-state index is 12.0. The van der Waals surface area contributed by atoms with Gasteiger partial charge >= 0.3 is 5.97 Å². The second-order valence-corrected chi connectivity index (χ2v) is 5.05. The van der Waals surface area contributed by atoms with Gasteiger partial charge in [0.2, 0.25) is 0 Å². The van der Waals surface area contributed by atoms with Crippen LogP contribution >= 0.6 is 11.3 Å². The molecule has 0 saturated carbocycles. The van der Waals surface area contributed by atoms with Crippen LogP contribution in [0, 0.1) is 6.92 Å². The zero-order valence-corrected chi connectivity index (χ0v) is 11.8. The maximum atomic E-state index is 12.0. The van der Waals surface area contributed by atoms with Crippen molar-refractivity contribution in [1.29, 1.82) is 0 Å². The van der Waals surface area contributed by atoms with Gasteiger partial charge in [0.1, 0.15) is 5.75 Å². The van der Waals surface area contributed by atoms with E-state index in [1.165, 1.54) is 23.5 Å². The molecule has 1 heterocycles. The summed E-state index contributed by atoms with van der Waals surface area (Å²) < 4.78 is 5.03. The van der Waals surface area contributed by atoms with Crippen molar-refractivity contribution in [1.82, 2.24) is 0 Å². The van der Waals surface area contributed by atoms with Crippen LogP contribution in [0.2, 0.25) is 0 Å². The van der Waals surface area contributed by atoms with Gasteiger partial charge in [-0.25, -0.2) is 4.79 Å². The predicted molar refractivity (Wildman–Crippen MR) is 77.0 cm³/mol. The maximum Gasteiger partial charge on any atom is 0.335 e. The molecule has 0 atom stereocenters. The second kappa shape index (κ2) is 5.75. The number of carbonyl (C=O) groups excluding carboxylic acids is 1. The second-order valence-electron chi connectivity index (χ2n) is 4.14. The van der Waals surface area contributed by atoms with Crippen LogP contribution in [0.25, 0.3) is 0 Å². The molecule has 0 aliphatic heterocycles. The number of rotatable bonds is 4. The lowest BCUT2D eigenvalue weighted by Crippen LogP contribution is -2.11. The summed E-state index contributed by atoms with van der Waals surface area (Å²) in [7, 11) is 1.54. The largest absolute Gasteiger partial charge is 0.496 e. The van der Waals surface area contributed by atoms with Crippen molar-refractivity contribution in [3.63, 3.8) is 0 Å². The third-order valence-corrected chi connectivity index (χ3v) is 3.66. The molecule has 0 saturated heterocycles. The highest BCUT2D eigenvalue weighted by Crippen LogP contribution is 2.23. The highest BCUT2D eigenvalue weighted by molar-refractivity contribution is 7.12. The van der Waals surface area contributed by atoms with Gasteiger partial charge in [0.15, 0.2) is 0 Å². The number of amides is 1. The van der Waals surface area contributed by atoms with E-state index in [0.29, 0.717) is 21.9 Å². The third kappa shape index (κ3) is 2.97. The molecular weight excluding hydrogens is 278 g/mol. The van der Waals surface area contributed by atoms with E-state index in [2.05, 4.69) is 5.32 Å². The topological polar surface area (TPSA) is 75.6 Å². The van der Waals surface area contributed by atoms with Crippen LogP contribution < -0.4 is 10.1 Å². The van der Waals surface area contributed by atoms with Crippen LogP contribution in [0.3, 0.4) is 0 Å². The average molecular weight is 291 g/mol. The fraction of sp³-hybridized carbons (Fsp3) is 0.143. The van der Waals surface area contributed by atoms with Gasteiger partial charge in [-0.1, -0.05) is 0 Å². The van der Waals surface area contributed by atoms with Gasteiger partial charge < -0.3 is 15.2 Å². The summed E-state index contributed by atoms with van der Waals surface area (Å²) in [5.41, 5.74) is 1.48. The van der Waals surface area contributed by atoms with Gasteiger partial charge in [-0.05, 0) is 30.7 Å². The number of aryl methyl sites for hydroxylation is 1. The number of carbonyl (C=O) groups is 2. The van der Waals surface area contributed by atoms with Crippen molar-refractivity contribution >= 4 is 28.9 Å². The Morgan fingerprint density at radius 1 is 1.30 bits per heavy atom. The molecule has 2 rings (SSSR count). The van der Waals surface area contributed by atoms with E-state index in [1.807, 2.05) is 0 Å². The molecule has 1 aromatic heterocycles. The Balaban J connectivity index is 2.17. The van der Waals surface area contributed by atoms with Gasteiger partial charge in [-0.2, -0.15) is 0 Å². The number of aromatic carboxylic acids is 1. The molecule has 2 N–H and O–H groups in total. The van der Waals surface area contributed by atoms with E-state index in [9.17, 15) is 9.59 Å². The number of thiophene rings is 1. The van der Waals surface area contributed by atoms with Gasteiger partial charge in [0, 0.05) is 17.1 Å². The summed E-state index contributed by atoms with van der Waals surface area (Å²) in [5.74, 6) is -0.600. The van der Waals surface area contributed by atoms with E-state index in [0.717, 1.165) is 0 Å². The lowest BCUT2D eigenvalue weighted by atomic mass is 10.1. The molecule has 0 radical (unpaired) electrons. The Hall–Kier alpha value is -2.34. The molecule has 0 bridgehead atoms. The Morgan fingerprint density at radius 3 is 2.60 bits per heavy atom. The molecule has 20 heavy (non-hydrogen) atoms.